The normalized spacial score (nSPS) is 11.6. The molecule has 21 heavy (non-hydrogen) atoms. The molecular weight excluding hydrogens is 272 g/mol. The fourth-order valence-electron chi connectivity index (χ4n) is 2.12. The number of rotatable bonds is 4. The van der Waals surface area contributed by atoms with E-state index >= 15 is 0 Å². The van der Waals surface area contributed by atoms with Crippen LogP contribution in [0.4, 0.5) is 5.82 Å². The first-order chi connectivity index (χ1) is 9.81. The van der Waals surface area contributed by atoms with Crippen LogP contribution in [0.3, 0.4) is 0 Å². The van der Waals surface area contributed by atoms with Gasteiger partial charge in [-0.15, -0.1) is 0 Å². The Morgan fingerprint density at radius 1 is 1.43 bits per heavy atom. The number of amides is 1. The van der Waals surface area contributed by atoms with Gasteiger partial charge in [0, 0.05) is 6.20 Å². The van der Waals surface area contributed by atoms with Crippen LogP contribution in [0.1, 0.15) is 26.5 Å². The summed E-state index contributed by atoms with van der Waals surface area (Å²) in [5, 5.41) is 21.4. The summed E-state index contributed by atoms with van der Waals surface area (Å²) in [6.07, 6.45) is 2.44. The Kier molecular flexibility index (Phi) is 4.04. The van der Waals surface area contributed by atoms with Crippen molar-refractivity contribution in [1.82, 2.24) is 14.9 Å². The minimum absolute atomic E-state index is 0.00320. The fourth-order valence-corrected chi connectivity index (χ4v) is 2.12. The number of hydrogen-bond acceptors (Lipinski definition) is 5. The summed E-state index contributed by atoms with van der Waals surface area (Å²) in [6, 6.07) is 3.26. The predicted octanol–water partition coefficient (Wildman–Crippen LogP) is 1.55. The van der Waals surface area contributed by atoms with Gasteiger partial charge in [0.05, 0.1) is 12.2 Å². The molecule has 0 unspecified atom stereocenters. The predicted molar refractivity (Wildman–Crippen MR) is 78.4 cm³/mol. The van der Waals surface area contributed by atoms with Crippen molar-refractivity contribution in [2.45, 2.75) is 27.2 Å². The molecule has 2 heterocycles. The average Bonchev–Trinajstić information content (AvgIpc) is 2.73. The first-order valence-corrected chi connectivity index (χ1v) is 6.67. The van der Waals surface area contributed by atoms with Crippen LogP contribution in [-0.4, -0.2) is 32.2 Å². The number of aromatic nitrogens is 2. The minimum Gasteiger partial charge on any atom is -0.504 e. The molecule has 0 aliphatic carbocycles. The molecule has 0 radical (unpaired) electrons. The molecular formula is C14H20N4O3. The van der Waals surface area contributed by atoms with Crippen LogP contribution in [0.5, 0.6) is 5.75 Å². The SMILES string of the molecule is CC(C)(C)Cc1nc2c(O)cccn2c1NCC(=O)NO. The summed E-state index contributed by atoms with van der Waals surface area (Å²) in [7, 11) is 0. The van der Waals surface area contributed by atoms with Crippen molar-refractivity contribution in [1.29, 1.82) is 0 Å². The van der Waals surface area contributed by atoms with Gasteiger partial charge in [0.25, 0.3) is 5.91 Å². The molecule has 114 valence electrons. The topological polar surface area (TPSA) is 98.9 Å². The third-order valence-corrected chi connectivity index (χ3v) is 2.94. The quantitative estimate of drug-likeness (QED) is 0.506. The first-order valence-electron chi connectivity index (χ1n) is 6.67. The van der Waals surface area contributed by atoms with Crippen molar-refractivity contribution in [3.8, 4) is 5.75 Å². The number of carbonyl (C=O) groups excluding carboxylic acids is 1. The van der Waals surface area contributed by atoms with Crippen LogP contribution in [0, 0.1) is 5.41 Å². The van der Waals surface area contributed by atoms with Gasteiger partial charge in [0.1, 0.15) is 5.82 Å². The summed E-state index contributed by atoms with van der Waals surface area (Å²) < 4.78 is 1.70. The summed E-state index contributed by atoms with van der Waals surface area (Å²) in [4.78, 5) is 15.7. The zero-order valence-electron chi connectivity index (χ0n) is 12.3. The lowest BCUT2D eigenvalue weighted by Crippen LogP contribution is -2.27. The molecule has 7 nitrogen and oxygen atoms in total. The lowest BCUT2D eigenvalue weighted by Gasteiger charge is -2.17. The molecule has 0 aromatic carbocycles. The number of hydrogen-bond donors (Lipinski definition) is 4. The summed E-state index contributed by atoms with van der Waals surface area (Å²) in [5.41, 5.74) is 2.77. The zero-order valence-corrected chi connectivity index (χ0v) is 12.3. The fraction of sp³-hybridized carbons (Fsp3) is 0.429. The van der Waals surface area contributed by atoms with E-state index in [1.807, 2.05) is 0 Å². The van der Waals surface area contributed by atoms with E-state index in [0.717, 1.165) is 5.69 Å². The van der Waals surface area contributed by atoms with Gasteiger partial charge in [-0.1, -0.05) is 20.8 Å². The number of pyridine rings is 1. The van der Waals surface area contributed by atoms with E-state index in [0.29, 0.717) is 17.9 Å². The molecule has 0 fully saturated rings. The molecule has 7 heteroatoms. The van der Waals surface area contributed by atoms with Gasteiger partial charge in [0.2, 0.25) is 0 Å². The molecule has 0 bridgehead atoms. The van der Waals surface area contributed by atoms with Crippen LogP contribution >= 0.6 is 0 Å². The molecule has 0 saturated heterocycles. The van der Waals surface area contributed by atoms with Gasteiger partial charge in [-0.2, -0.15) is 0 Å². The molecule has 0 atom stereocenters. The maximum Gasteiger partial charge on any atom is 0.262 e. The number of anilines is 1. The van der Waals surface area contributed by atoms with Crippen molar-refractivity contribution in [2.24, 2.45) is 5.41 Å². The van der Waals surface area contributed by atoms with Crippen molar-refractivity contribution in [3.63, 3.8) is 0 Å². The molecule has 4 N–H and O–H groups in total. The van der Waals surface area contributed by atoms with E-state index in [1.165, 1.54) is 0 Å². The highest BCUT2D eigenvalue weighted by atomic mass is 16.5. The zero-order chi connectivity index (χ0) is 15.6. The maximum absolute atomic E-state index is 11.2. The highest BCUT2D eigenvalue weighted by Gasteiger charge is 2.20. The van der Waals surface area contributed by atoms with Crippen molar-refractivity contribution in [3.05, 3.63) is 24.0 Å². The van der Waals surface area contributed by atoms with E-state index in [1.54, 1.807) is 28.2 Å². The smallest absolute Gasteiger partial charge is 0.262 e. The van der Waals surface area contributed by atoms with E-state index in [2.05, 4.69) is 31.1 Å². The van der Waals surface area contributed by atoms with E-state index in [-0.39, 0.29) is 17.7 Å². The average molecular weight is 292 g/mol. The van der Waals surface area contributed by atoms with Crippen LogP contribution in [0.15, 0.2) is 18.3 Å². The van der Waals surface area contributed by atoms with E-state index in [9.17, 15) is 9.90 Å². The van der Waals surface area contributed by atoms with Crippen molar-refractivity contribution >= 4 is 17.4 Å². The van der Waals surface area contributed by atoms with Gasteiger partial charge >= 0.3 is 0 Å². The van der Waals surface area contributed by atoms with Crippen molar-refractivity contribution in [2.75, 3.05) is 11.9 Å². The Balaban J connectivity index is 2.44. The van der Waals surface area contributed by atoms with Gasteiger partial charge in [0.15, 0.2) is 11.4 Å². The van der Waals surface area contributed by atoms with Crippen molar-refractivity contribution < 1.29 is 15.1 Å². The number of carbonyl (C=O) groups is 1. The number of imidazole rings is 1. The van der Waals surface area contributed by atoms with Crippen LogP contribution in [0.2, 0.25) is 0 Å². The highest BCUT2D eigenvalue weighted by molar-refractivity contribution is 5.79. The number of hydroxylamine groups is 1. The van der Waals surface area contributed by atoms with E-state index < -0.39 is 5.91 Å². The summed E-state index contributed by atoms with van der Waals surface area (Å²) >= 11 is 0. The molecule has 2 aromatic rings. The highest BCUT2D eigenvalue weighted by Crippen LogP contribution is 2.29. The second kappa shape index (κ2) is 5.61. The lowest BCUT2D eigenvalue weighted by molar-refractivity contribution is -0.127. The number of nitrogens with one attached hydrogen (secondary N) is 2. The Morgan fingerprint density at radius 3 is 2.76 bits per heavy atom. The largest absolute Gasteiger partial charge is 0.504 e. The third-order valence-electron chi connectivity index (χ3n) is 2.94. The van der Waals surface area contributed by atoms with Crippen LogP contribution < -0.4 is 10.8 Å². The molecule has 2 aromatic heterocycles. The molecule has 0 aliphatic heterocycles. The number of aromatic hydroxyl groups is 1. The molecule has 0 aliphatic rings. The Labute approximate surface area is 122 Å². The molecule has 0 spiro atoms. The van der Waals surface area contributed by atoms with Gasteiger partial charge < -0.3 is 10.4 Å². The number of nitrogens with zero attached hydrogens (tertiary/aromatic N) is 2. The lowest BCUT2D eigenvalue weighted by atomic mass is 9.90. The first kappa shape index (κ1) is 15.1. The minimum atomic E-state index is -0.549. The second-order valence-electron chi connectivity index (χ2n) is 6.12. The molecule has 2 rings (SSSR count). The summed E-state index contributed by atoms with van der Waals surface area (Å²) in [6.45, 7) is 6.17. The number of fused-ring (bicyclic) bond motifs is 1. The van der Waals surface area contributed by atoms with Gasteiger partial charge in [-0.25, -0.2) is 10.5 Å². The second-order valence-corrected chi connectivity index (χ2v) is 6.12. The Hall–Kier alpha value is -2.28. The van der Waals surface area contributed by atoms with Gasteiger partial charge in [-0.05, 0) is 24.0 Å². The Morgan fingerprint density at radius 2 is 2.14 bits per heavy atom. The third kappa shape index (κ3) is 3.43. The van der Waals surface area contributed by atoms with Gasteiger partial charge in [-0.3, -0.25) is 14.4 Å². The Bertz CT molecular complexity index is 658. The molecule has 0 saturated carbocycles. The van der Waals surface area contributed by atoms with Crippen LogP contribution in [-0.2, 0) is 11.2 Å². The molecule has 1 amide bonds. The van der Waals surface area contributed by atoms with Crippen LogP contribution in [0.25, 0.3) is 5.65 Å². The standard InChI is InChI=1S/C14H20N4O3/c1-14(2,3)7-9-12(15-8-11(20)17-21)18-6-4-5-10(19)13(18)16-9/h4-6,15,19,21H,7-8H2,1-3H3,(H,17,20). The maximum atomic E-state index is 11.2. The van der Waals surface area contributed by atoms with E-state index in [4.69, 9.17) is 5.21 Å². The summed E-state index contributed by atoms with van der Waals surface area (Å²) in [5.74, 6) is 0.165. The monoisotopic (exact) mass is 292 g/mol.